The molecule has 18 heavy (non-hydrogen) atoms. The Morgan fingerprint density at radius 1 is 1.44 bits per heavy atom. The molecule has 1 aliphatic heterocycles. The first-order chi connectivity index (χ1) is 8.74. The first-order valence-corrected chi connectivity index (χ1v) is 6.71. The molecule has 98 valence electrons. The van der Waals surface area contributed by atoms with Crippen LogP contribution in [0.15, 0.2) is 30.3 Å². The van der Waals surface area contributed by atoms with E-state index in [1.54, 1.807) is 0 Å². The van der Waals surface area contributed by atoms with Crippen LogP contribution in [-0.2, 0) is 9.53 Å². The Morgan fingerprint density at radius 3 is 2.83 bits per heavy atom. The van der Waals surface area contributed by atoms with Gasteiger partial charge in [-0.2, -0.15) is 0 Å². The lowest BCUT2D eigenvalue weighted by Gasteiger charge is -2.29. The van der Waals surface area contributed by atoms with E-state index in [0.29, 0.717) is 6.61 Å². The van der Waals surface area contributed by atoms with Gasteiger partial charge >= 0.3 is 5.97 Å². The Bertz CT molecular complexity index is 391. The van der Waals surface area contributed by atoms with Crippen LogP contribution in [0.4, 0.5) is 0 Å². The number of hydrogen-bond donors (Lipinski definition) is 0. The molecule has 1 aliphatic rings. The van der Waals surface area contributed by atoms with Gasteiger partial charge in [0.1, 0.15) is 6.04 Å². The van der Waals surface area contributed by atoms with Crippen LogP contribution < -0.4 is 0 Å². The third kappa shape index (κ3) is 2.72. The number of benzene rings is 1. The molecule has 1 fully saturated rings. The second kappa shape index (κ2) is 6.01. The lowest BCUT2D eigenvalue weighted by Crippen LogP contribution is -2.38. The number of carbonyl (C=O) groups excluding carboxylic acids is 1. The molecule has 1 heterocycles. The molecule has 0 amide bonds. The summed E-state index contributed by atoms with van der Waals surface area (Å²) < 4.78 is 5.16. The van der Waals surface area contributed by atoms with Crippen molar-refractivity contribution in [3.63, 3.8) is 0 Å². The van der Waals surface area contributed by atoms with Crippen molar-refractivity contribution in [3.05, 3.63) is 35.9 Å². The first-order valence-electron chi connectivity index (χ1n) is 6.71. The highest BCUT2D eigenvalue weighted by molar-refractivity contribution is 5.76. The van der Waals surface area contributed by atoms with Gasteiger partial charge < -0.3 is 4.74 Å². The summed E-state index contributed by atoms with van der Waals surface area (Å²) in [6.07, 6.45) is 1.98. The molecule has 0 spiro atoms. The minimum absolute atomic E-state index is 0.0693. The van der Waals surface area contributed by atoms with Crippen LogP contribution in [0.5, 0.6) is 0 Å². The minimum atomic E-state index is -0.0715. The molecular formula is C15H21NO2. The van der Waals surface area contributed by atoms with Gasteiger partial charge in [-0.3, -0.25) is 9.69 Å². The van der Waals surface area contributed by atoms with Crippen molar-refractivity contribution in [1.82, 2.24) is 4.90 Å². The van der Waals surface area contributed by atoms with E-state index in [1.807, 2.05) is 25.1 Å². The van der Waals surface area contributed by atoms with Crippen LogP contribution in [0.2, 0.25) is 0 Å². The predicted octanol–water partition coefficient (Wildman–Crippen LogP) is 2.78. The maximum atomic E-state index is 11.9. The van der Waals surface area contributed by atoms with E-state index in [2.05, 4.69) is 24.0 Å². The lowest BCUT2D eigenvalue weighted by molar-refractivity contribution is -0.149. The monoisotopic (exact) mass is 247 g/mol. The van der Waals surface area contributed by atoms with Crippen LogP contribution in [0.25, 0.3) is 0 Å². The third-order valence-electron chi connectivity index (χ3n) is 3.63. The molecule has 3 nitrogen and oxygen atoms in total. The van der Waals surface area contributed by atoms with Gasteiger partial charge in [0.2, 0.25) is 0 Å². The molecule has 3 heteroatoms. The van der Waals surface area contributed by atoms with Crippen LogP contribution in [0.3, 0.4) is 0 Å². The van der Waals surface area contributed by atoms with Gasteiger partial charge in [0, 0.05) is 6.04 Å². The van der Waals surface area contributed by atoms with Gasteiger partial charge in [0.15, 0.2) is 0 Å². The number of nitrogens with zero attached hydrogens (tertiary/aromatic N) is 1. The van der Waals surface area contributed by atoms with Crippen molar-refractivity contribution < 1.29 is 9.53 Å². The Hall–Kier alpha value is -1.35. The number of esters is 1. The number of hydrogen-bond acceptors (Lipinski definition) is 3. The summed E-state index contributed by atoms with van der Waals surface area (Å²) in [5, 5.41) is 0. The van der Waals surface area contributed by atoms with Crippen molar-refractivity contribution in [3.8, 4) is 0 Å². The Morgan fingerprint density at radius 2 is 2.17 bits per heavy atom. The van der Waals surface area contributed by atoms with E-state index < -0.39 is 0 Å². The highest BCUT2D eigenvalue weighted by atomic mass is 16.5. The highest BCUT2D eigenvalue weighted by Crippen LogP contribution is 2.29. The molecule has 0 unspecified atom stereocenters. The summed E-state index contributed by atoms with van der Waals surface area (Å²) in [7, 11) is 0. The van der Waals surface area contributed by atoms with E-state index in [1.165, 1.54) is 5.56 Å². The second-order valence-corrected chi connectivity index (χ2v) is 4.73. The topological polar surface area (TPSA) is 29.5 Å². The minimum Gasteiger partial charge on any atom is -0.465 e. The van der Waals surface area contributed by atoms with Crippen LogP contribution >= 0.6 is 0 Å². The number of rotatable bonds is 4. The first kappa shape index (κ1) is 13.1. The molecule has 0 radical (unpaired) electrons. The average molecular weight is 247 g/mol. The number of carbonyl (C=O) groups is 1. The Labute approximate surface area is 109 Å². The summed E-state index contributed by atoms with van der Waals surface area (Å²) in [5.41, 5.74) is 1.26. The zero-order valence-corrected chi connectivity index (χ0v) is 11.1. The zero-order valence-electron chi connectivity index (χ0n) is 11.1. The largest absolute Gasteiger partial charge is 0.465 e. The van der Waals surface area contributed by atoms with E-state index in [9.17, 15) is 4.79 Å². The van der Waals surface area contributed by atoms with Crippen molar-refractivity contribution in [2.24, 2.45) is 0 Å². The van der Waals surface area contributed by atoms with Crippen molar-refractivity contribution >= 4 is 5.97 Å². The fourth-order valence-electron chi connectivity index (χ4n) is 2.67. The van der Waals surface area contributed by atoms with Gasteiger partial charge in [-0.05, 0) is 38.8 Å². The van der Waals surface area contributed by atoms with Gasteiger partial charge in [-0.25, -0.2) is 0 Å². The smallest absolute Gasteiger partial charge is 0.323 e. The maximum Gasteiger partial charge on any atom is 0.323 e. The molecule has 1 saturated heterocycles. The molecule has 1 aromatic rings. The van der Waals surface area contributed by atoms with E-state index in [-0.39, 0.29) is 18.1 Å². The number of likely N-dealkylation sites (tertiary alicyclic amines) is 1. The predicted molar refractivity (Wildman–Crippen MR) is 71.2 cm³/mol. The maximum absolute atomic E-state index is 11.9. The molecular weight excluding hydrogens is 226 g/mol. The molecule has 2 atom stereocenters. The molecule has 2 rings (SSSR count). The summed E-state index contributed by atoms with van der Waals surface area (Å²) in [6.45, 7) is 5.45. The van der Waals surface area contributed by atoms with E-state index in [4.69, 9.17) is 4.74 Å². The van der Waals surface area contributed by atoms with Gasteiger partial charge in [0.25, 0.3) is 0 Å². The molecule has 0 bridgehead atoms. The van der Waals surface area contributed by atoms with Crippen molar-refractivity contribution in [1.29, 1.82) is 0 Å². The summed E-state index contributed by atoms with van der Waals surface area (Å²) >= 11 is 0. The summed E-state index contributed by atoms with van der Waals surface area (Å²) in [6, 6.07) is 10.5. The second-order valence-electron chi connectivity index (χ2n) is 4.73. The highest BCUT2D eigenvalue weighted by Gasteiger charge is 2.34. The quantitative estimate of drug-likeness (QED) is 0.766. The fourth-order valence-corrected chi connectivity index (χ4v) is 2.67. The zero-order chi connectivity index (χ0) is 13.0. The van der Waals surface area contributed by atoms with Crippen LogP contribution in [0, 0.1) is 0 Å². The number of ether oxygens (including phenoxy) is 1. The van der Waals surface area contributed by atoms with E-state index in [0.717, 1.165) is 19.4 Å². The summed E-state index contributed by atoms with van der Waals surface area (Å²) in [5.74, 6) is -0.0715. The van der Waals surface area contributed by atoms with Gasteiger partial charge in [-0.1, -0.05) is 30.3 Å². The van der Waals surface area contributed by atoms with Gasteiger partial charge in [0.05, 0.1) is 6.61 Å². The third-order valence-corrected chi connectivity index (χ3v) is 3.63. The van der Waals surface area contributed by atoms with Crippen LogP contribution in [-0.4, -0.2) is 30.1 Å². The lowest BCUT2D eigenvalue weighted by atomic mass is 10.1. The fraction of sp³-hybridized carbons (Fsp3) is 0.533. The SMILES string of the molecule is CCOC(=O)[C@@H]1CCCN1[C@H](C)c1ccccc1. The molecule has 0 aromatic heterocycles. The molecule has 0 saturated carbocycles. The standard InChI is InChI=1S/C15H21NO2/c1-3-18-15(17)14-10-7-11-16(14)12(2)13-8-5-4-6-9-13/h4-6,8-9,12,14H,3,7,10-11H2,1-2H3/t12-,14+/m1/s1. The molecule has 0 aliphatic carbocycles. The summed E-state index contributed by atoms with van der Waals surface area (Å²) in [4.78, 5) is 14.2. The van der Waals surface area contributed by atoms with Crippen LogP contribution in [0.1, 0.15) is 38.3 Å². The van der Waals surface area contributed by atoms with E-state index >= 15 is 0 Å². The molecule has 0 N–H and O–H groups in total. The average Bonchev–Trinajstić information content (AvgIpc) is 2.88. The molecule has 1 aromatic carbocycles. The Balaban J connectivity index is 2.09. The Kier molecular flexibility index (Phi) is 4.37. The van der Waals surface area contributed by atoms with Crippen molar-refractivity contribution in [2.75, 3.05) is 13.2 Å². The van der Waals surface area contributed by atoms with Gasteiger partial charge in [-0.15, -0.1) is 0 Å². The van der Waals surface area contributed by atoms with Crippen molar-refractivity contribution in [2.45, 2.75) is 38.8 Å². The normalized spacial score (nSPS) is 21.8.